The lowest BCUT2D eigenvalue weighted by molar-refractivity contribution is 0.411. The molecule has 20 heavy (non-hydrogen) atoms. The van der Waals surface area contributed by atoms with Gasteiger partial charge >= 0.3 is 0 Å². The average molecular weight is 377 g/mol. The Bertz CT molecular complexity index is 635. The molecule has 2 N–H and O–H groups in total. The van der Waals surface area contributed by atoms with Crippen LogP contribution < -0.4 is 10.1 Å². The van der Waals surface area contributed by atoms with Gasteiger partial charge in [-0.1, -0.05) is 23.2 Å². The smallest absolute Gasteiger partial charge is 0.120 e. The van der Waals surface area contributed by atoms with Gasteiger partial charge in [-0.05, 0) is 46.3 Å². The Balaban J connectivity index is 2.19. The molecule has 0 saturated heterocycles. The van der Waals surface area contributed by atoms with Gasteiger partial charge in [0.15, 0.2) is 0 Å². The lowest BCUT2D eigenvalue weighted by atomic mass is 10.2. The molecule has 2 rings (SSSR count). The number of phenolic OH excluding ortho intramolecular Hbond substituents is 1. The molecule has 0 fully saturated rings. The van der Waals surface area contributed by atoms with Crippen molar-refractivity contribution in [1.29, 1.82) is 0 Å². The second-order valence-electron chi connectivity index (χ2n) is 4.07. The Morgan fingerprint density at radius 3 is 2.65 bits per heavy atom. The van der Waals surface area contributed by atoms with E-state index >= 15 is 0 Å². The van der Waals surface area contributed by atoms with Crippen molar-refractivity contribution in [3.05, 3.63) is 50.4 Å². The zero-order valence-electron chi connectivity index (χ0n) is 10.6. The van der Waals surface area contributed by atoms with E-state index in [1.807, 2.05) is 12.1 Å². The zero-order chi connectivity index (χ0) is 14.7. The molecule has 0 radical (unpaired) electrons. The number of rotatable bonds is 4. The molecule has 0 heterocycles. The van der Waals surface area contributed by atoms with Crippen LogP contribution >= 0.6 is 39.1 Å². The van der Waals surface area contributed by atoms with Crippen molar-refractivity contribution in [1.82, 2.24) is 0 Å². The van der Waals surface area contributed by atoms with Crippen molar-refractivity contribution >= 4 is 44.8 Å². The van der Waals surface area contributed by atoms with Gasteiger partial charge in [-0.25, -0.2) is 0 Å². The van der Waals surface area contributed by atoms with E-state index in [4.69, 9.17) is 27.9 Å². The molecular weight excluding hydrogens is 365 g/mol. The zero-order valence-corrected chi connectivity index (χ0v) is 13.7. The molecule has 6 heteroatoms. The van der Waals surface area contributed by atoms with Crippen molar-refractivity contribution in [2.24, 2.45) is 0 Å². The largest absolute Gasteiger partial charge is 0.508 e. The molecule has 0 aliphatic rings. The van der Waals surface area contributed by atoms with E-state index in [1.165, 1.54) is 0 Å². The fourth-order valence-corrected chi connectivity index (χ4v) is 2.52. The van der Waals surface area contributed by atoms with Crippen LogP contribution in [0.15, 0.2) is 34.8 Å². The number of hydrogen-bond donors (Lipinski definition) is 2. The first kappa shape index (κ1) is 15.3. The predicted octanol–water partition coefficient (Wildman–Crippen LogP) is 5.08. The van der Waals surface area contributed by atoms with E-state index in [1.54, 1.807) is 25.3 Å². The van der Waals surface area contributed by atoms with Crippen molar-refractivity contribution in [2.45, 2.75) is 6.54 Å². The summed E-state index contributed by atoms with van der Waals surface area (Å²) in [6, 6.07) is 8.67. The molecule has 2 aromatic carbocycles. The average Bonchev–Trinajstić information content (AvgIpc) is 2.45. The van der Waals surface area contributed by atoms with Crippen molar-refractivity contribution < 1.29 is 9.84 Å². The van der Waals surface area contributed by atoms with Gasteiger partial charge in [0.05, 0.1) is 22.8 Å². The molecule has 0 spiro atoms. The van der Waals surface area contributed by atoms with Gasteiger partial charge in [-0.3, -0.25) is 0 Å². The third-order valence-corrected chi connectivity index (χ3v) is 4.56. The van der Waals surface area contributed by atoms with E-state index < -0.39 is 0 Å². The van der Waals surface area contributed by atoms with Crippen LogP contribution in [0.1, 0.15) is 5.56 Å². The fourth-order valence-electron chi connectivity index (χ4n) is 1.68. The number of aromatic hydroxyl groups is 1. The highest BCUT2D eigenvalue weighted by Gasteiger charge is 2.09. The number of anilines is 1. The Kier molecular flexibility index (Phi) is 5.02. The van der Waals surface area contributed by atoms with Crippen LogP contribution in [-0.2, 0) is 6.54 Å². The minimum atomic E-state index is 0.192. The van der Waals surface area contributed by atoms with Gasteiger partial charge in [0.2, 0.25) is 0 Å². The second-order valence-corrected chi connectivity index (χ2v) is 5.68. The Hall–Kier alpha value is -1.10. The maximum atomic E-state index is 9.81. The number of nitrogens with one attached hydrogen (secondary N) is 1. The summed E-state index contributed by atoms with van der Waals surface area (Å²) >= 11 is 15.5. The molecule has 0 aliphatic carbocycles. The fraction of sp³-hybridized carbons (Fsp3) is 0.143. The van der Waals surface area contributed by atoms with Crippen molar-refractivity contribution in [3.63, 3.8) is 0 Å². The highest BCUT2D eigenvalue weighted by Crippen LogP contribution is 2.36. The summed E-state index contributed by atoms with van der Waals surface area (Å²) < 4.78 is 5.86. The third-order valence-electron chi connectivity index (χ3n) is 2.79. The first-order chi connectivity index (χ1) is 9.52. The Morgan fingerprint density at radius 1 is 1.20 bits per heavy atom. The highest BCUT2D eigenvalue weighted by molar-refractivity contribution is 9.10. The standard InChI is InChI=1S/C14H12BrCl2NO2/c1-20-9-2-5-12(19)8(6-9)7-18-11-4-3-10(15)13(16)14(11)17/h2-6,18-19H,7H2,1H3. The lowest BCUT2D eigenvalue weighted by Crippen LogP contribution is -2.01. The minimum Gasteiger partial charge on any atom is -0.508 e. The molecule has 0 atom stereocenters. The van der Waals surface area contributed by atoms with Gasteiger partial charge < -0.3 is 15.2 Å². The number of benzene rings is 2. The number of halogens is 3. The van der Waals surface area contributed by atoms with Crippen molar-refractivity contribution in [3.8, 4) is 11.5 Å². The molecule has 0 unspecified atom stereocenters. The summed E-state index contributed by atoms with van der Waals surface area (Å²) in [7, 11) is 1.58. The maximum absolute atomic E-state index is 9.81. The summed E-state index contributed by atoms with van der Waals surface area (Å²) in [6.45, 7) is 0.403. The molecule has 0 aliphatic heterocycles. The van der Waals surface area contributed by atoms with E-state index in [0.29, 0.717) is 33.6 Å². The molecule has 3 nitrogen and oxygen atoms in total. The molecule has 0 amide bonds. The number of phenols is 1. The number of methoxy groups -OCH3 is 1. The molecule has 2 aromatic rings. The third kappa shape index (κ3) is 3.32. The van der Waals surface area contributed by atoms with Gasteiger partial charge in [0.1, 0.15) is 11.5 Å². The Morgan fingerprint density at radius 2 is 1.95 bits per heavy atom. The summed E-state index contributed by atoms with van der Waals surface area (Å²) in [4.78, 5) is 0. The summed E-state index contributed by atoms with van der Waals surface area (Å²) in [5.74, 6) is 0.872. The number of ether oxygens (including phenoxy) is 1. The molecule has 0 saturated carbocycles. The first-order valence-electron chi connectivity index (χ1n) is 5.76. The van der Waals surface area contributed by atoms with Crippen LogP contribution in [-0.4, -0.2) is 12.2 Å². The first-order valence-corrected chi connectivity index (χ1v) is 7.31. The maximum Gasteiger partial charge on any atom is 0.120 e. The minimum absolute atomic E-state index is 0.192. The van der Waals surface area contributed by atoms with Crippen LogP contribution in [0, 0.1) is 0 Å². The second kappa shape index (κ2) is 6.57. The van der Waals surface area contributed by atoms with Crippen molar-refractivity contribution in [2.75, 3.05) is 12.4 Å². The SMILES string of the molecule is COc1ccc(O)c(CNc2ccc(Br)c(Cl)c2Cl)c1. The molecule has 106 valence electrons. The number of hydrogen-bond acceptors (Lipinski definition) is 3. The molecule has 0 bridgehead atoms. The van der Waals surface area contributed by atoms with Crippen LogP contribution in [0.3, 0.4) is 0 Å². The van der Waals surface area contributed by atoms with Gasteiger partial charge in [0.25, 0.3) is 0 Å². The summed E-state index contributed by atoms with van der Waals surface area (Å²) in [5, 5.41) is 13.8. The molecular formula is C14H12BrCl2NO2. The normalized spacial score (nSPS) is 10.4. The van der Waals surface area contributed by atoms with Crippen LogP contribution in [0.5, 0.6) is 11.5 Å². The highest BCUT2D eigenvalue weighted by atomic mass is 79.9. The topological polar surface area (TPSA) is 41.5 Å². The molecule has 0 aromatic heterocycles. The van der Waals surface area contributed by atoms with E-state index in [-0.39, 0.29) is 5.75 Å². The van der Waals surface area contributed by atoms with E-state index in [9.17, 15) is 5.11 Å². The van der Waals surface area contributed by atoms with E-state index in [2.05, 4.69) is 21.2 Å². The summed E-state index contributed by atoms with van der Waals surface area (Å²) in [5.41, 5.74) is 1.40. The van der Waals surface area contributed by atoms with Crippen LogP contribution in [0.25, 0.3) is 0 Å². The quantitative estimate of drug-likeness (QED) is 0.731. The lowest BCUT2D eigenvalue weighted by Gasteiger charge is -2.12. The summed E-state index contributed by atoms with van der Waals surface area (Å²) in [6.07, 6.45) is 0. The van der Waals surface area contributed by atoms with Crippen LogP contribution in [0.4, 0.5) is 5.69 Å². The van der Waals surface area contributed by atoms with Gasteiger partial charge in [-0.15, -0.1) is 0 Å². The van der Waals surface area contributed by atoms with Gasteiger partial charge in [-0.2, -0.15) is 0 Å². The predicted molar refractivity (Wildman–Crippen MR) is 86.1 cm³/mol. The van der Waals surface area contributed by atoms with E-state index in [0.717, 1.165) is 4.47 Å². The van der Waals surface area contributed by atoms with Gasteiger partial charge in [0, 0.05) is 16.6 Å². The van der Waals surface area contributed by atoms with Crippen LogP contribution in [0.2, 0.25) is 10.0 Å². The Labute approximate surface area is 135 Å². The monoisotopic (exact) mass is 375 g/mol.